The number of hydrogen-bond donors (Lipinski definition) is 1. The molecular weight excluding hydrogens is 290 g/mol. The van der Waals surface area contributed by atoms with Crippen LogP contribution in [0.2, 0.25) is 0 Å². The summed E-state index contributed by atoms with van der Waals surface area (Å²) < 4.78 is 0. The lowest BCUT2D eigenvalue weighted by molar-refractivity contribution is 0.102. The number of para-hydroxylation sites is 1. The Morgan fingerprint density at radius 1 is 1.13 bits per heavy atom. The average molecular weight is 307 g/mol. The highest BCUT2D eigenvalue weighted by Gasteiger charge is 2.15. The van der Waals surface area contributed by atoms with Gasteiger partial charge in [-0.15, -0.1) is 0 Å². The molecular formula is C17H17N5O. The van der Waals surface area contributed by atoms with Crippen molar-refractivity contribution in [3.05, 3.63) is 47.8 Å². The molecule has 2 aromatic rings. The highest BCUT2D eigenvalue weighted by molar-refractivity contribution is 6.04. The van der Waals surface area contributed by atoms with Gasteiger partial charge in [0.25, 0.3) is 5.91 Å². The first kappa shape index (κ1) is 15.0. The second kappa shape index (κ2) is 6.88. The molecule has 116 valence electrons. The van der Waals surface area contributed by atoms with Crippen molar-refractivity contribution in [2.45, 2.75) is 19.3 Å². The summed E-state index contributed by atoms with van der Waals surface area (Å²) in [6.45, 7) is 1.92. The Labute approximate surface area is 134 Å². The molecule has 0 aliphatic carbocycles. The number of nitrogens with zero attached hydrogens (tertiary/aromatic N) is 4. The summed E-state index contributed by atoms with van der Waals surface area (Å²) in [6.07, 6.45) is 6.60. The Balaban J connectivity index is 1.71. The molecule has 0 bridgehead atoms. The van der Waals surface area contributed by atoms with E-state index in [1.807, 2.05) is 0 Å². The molecule has 1 aromatic heterocycles. The van der Waals surface area contributed by atoms with Crippen molar-refractivity contribution in [1.29, 1.82) is 5.26 Å². The van der Waals surface area contributed by atoms with Crippen LogP contribution in [0.1, 0.15) is 35.2 Å². The number of carbonyl (C=O) groups excluding carboxylic acids is 1. The summed E-state index contributed by atoms with van der Waals surface area (Å²) in [5, 5.41) is 11.8. The fourth-order valence-electron chi connectivity index (χ4n) is 2.58. The zero-order valence-corrected chi connectivity index (χ0v) is 12.7. The molecule has 1 fully saturated rings. The molecule has 0 radical (unpaired) electrons. The van der Waals surface area contributed by atoms with Crippen LogP contribution in [0, 0.1) is 11.3 Å². The topological polar surface area (TPSA) is 81.9 Å². The monoisotopic (exact) mass is 307 g/mol. The predicted molar refractivity (Wildman–Crippen MR) is 87.2 cm³/mol. The molecule has 1 amide bonds. The molecule has 1 aliphatic heterocycles. The number of anilines is 2. The van der Waals surface area contributed by atoms with E-state index in [-0.39, 0.29) is 5.91 Å². The molecule has 2 heterocycles. The Kier molecular flexibility index (Phi) is 4.48. The van der Waals surface area contributed by atoms with Gasteiger partial charge in [0.05, 0.1) is 16.8 Å². The molecule has 0 unspecified atom stereocenters. The zero-order chi connectivity index (χ0) is 16.1. The first-order chi connectivity index (χ1) is 11.3. The van der Waals surface area contributed by atoms with Gasteiger partial charge in [-0.25, -0.2) is 9.97 Å². The summed E-state index contributed by atoms with van der Waals surface area (Å²) >= 11 is 0. The van der Waals surface area contributed by atoms with E-state index in [9.17, 15) is 4.79 Å². The number of nitrogens with one attached hydrogen (secondary N) is 1. The van der Waals surface area contributed by atoms with Crippen molar-refractivity contribution in [3.8, 4) is 6.07 Å². The van der Waals surface area contributed by atoms with Crippen LogP contribution in [0.25, 0.3) is 0 Å². The smallest absolute Gasteiger partial charge is 0.258 e. The Morgan fingerprint density at radius 2 is 1.83 bits per heavy atom. The first-order valence-electron chi connectivity index (χ1n) is 7.65. The van der Waals surface area contributed by atoms with Crippen LogP contribution >= 0.6 is 0 Å². The van der Waals surface area contributed by atoms with Crippen molar-refractivity contribution in [3.63, 3.8) is 0 Å². The third-order valence-electron chi connectivity index (χ3n) is 3.84. The first-order valence-corrected chi connectivity index (χ1v) is 7.65. The standard InChI is InChI=1S/C17H17N5O/c18-10-13-6-2-3-7-15(13)21-16(23)14-11-19-17(20-12-14)22-8-4-1-5-9-22/h2-3,6-7,11-12H,1,4-5,8-9H2,(H,21,23). The quantitative estimate of drug-likeness (QED) is 0.942. The predicted octanol–water partition coefficient (Wildman–Crippen LogP) is 2.59. The molecule has 1 aromatic carbocycles. The van der Waals surface area contributed by atoms with Crippen LogP contribution in [0.4, 0.5) is 11.6 Å². The van der Waals surface area contributed by atoms with E-state index < -0.39 is 0 Å². The molecule has 23 heavy (non-hydrogen) atoms. The molecule has 3 rings (SSSR count). The van der Waals surface area contributed by atoms with Gasteiger partial charge in [0.2, 0.25) is 5.95 Å². The summed E-state index contributed by atoms with van der Waals surface area (Å²) in [4.78, 5) is 23.0. The van der Waals surface area contributed by atoms with Gasteiger partial charge >= 0.3 is 0 Å². The van der Waals surface area contributed by atoms with Crippen LogP contribution in [-0.4, -0.2) is 29.0 Å². The Morgan fingerprint density at radius 3 is 2.52 bits per heavy atom. The van der Waals surface area contributed by atoms with Gasteiger partial charge in [-0.2, -0.15) is 5.26 Å². The lowest BCUT2D eigenvalue weighted by atomic mass is 10.1. The normalized spacial score (nSPS) is 14.1. The maximum Gasteiger partial charge on any atom is 0.258 e. The maximum atomic E-state index is 12.3. The number of carbonyl (C=O) groups is 1. The molecule has 6 nitrogen and oxygen atoms in total. The third-order valence-corrected chi connectivity index (χ3v) is 3.84. The fourth-order valence-corrected chi connectivity index (χ4v) is 2.58. The Bertz CT molecular complexity index is 729. The second-order valence-corrected chi connectivity index (χ2v) is 5.43. The van der Waals surface area contributed by atoms with Gasteiger partial charge in [-0.3, -0.25) is 4.79 Å². The minimum absolute atomic E-state index is 0.321. The second-order valence-electron chi connectivity index (χ2n) is 5.43. The molecule has 6 heteroatoms. The van der Waals surface area contributed by atoms with Crippen LogP contribution in [0.15, 0.2) is 36.7 Å². The summed E-state index contributed by atoms with van der Waals surface area (Å²) in [5.74, 6) is 0.344. The zero-order valence-electron chi connectivity index (χ0n) is 12.7. The van der Waals surface area contributed by atoms with Crippen molar-refractivity contribution in [1.82, 2.24) is 9.97 Å². The summed E-state index contributed by atoms with van der Waals surface area (Å²) in [7, 11) is 0. The molecule has 1 saturated heterocycles. The van der Waals surface area contributed by atoms with E-state index in [2.05, 4.69) is 26.3 Å². The van der Waals surface area contributed by atoms with Crippen molar-refractivity contribution >= 4 is 17.5 Å². The molecule has 0 spiro atoms. The van der Waals surface area contributed by atoms with E-state index in [1.54, 1.807) is 24.3 Å². The van der Waals surface area contributed by atoms with Crippen molar-refractivity contribution in [2.75, 3.05) is 23.3 Å². The number of hydrogen-bond acceptors (Lipinski definition) is 5. The summed E-state index contributed by atoms with van der Waals surface area (Å²) in [6, 6.07) is 8.93. The van der Waals surface area contributed by atoms with E-state index in [1.165, 1.54) is 18.8 Å². The van der Waals surface area contributed by atoms with Crippen LogP contribution in [-0.2, 0) is 0 Å². The van der Waals surface area contributed by atoms with E-state index in [0.717, 1.165) is 25.9 Å². The SMILES string of the molecule is N#Cc1ccccc1NC(=O)c1cnc(N2CCCCC2)nc1. The summed E-state index contributed by atoms with van der Waals surface area (Å²) in [5.41, 5.74) is 1.28. The van der Waals surface area contributed by atoms with Crippen molar-refractivity contribution < 1.29 is 4.79 Å². The minimum atomic E-state index is -0.321. The average Bonchev–Trinajstić information content (AvgIpc) is 2.63. The number of aromatic nitrogens is 2. The van der Waals surface area contributed by atoms with Crippen LogP contribution in [0.3, 0.4) is 0 Å². The number of rotatable bonds is 3. The van der Waals surface area contributed by atoms with Crippen LogP contribution < -0.4 is 10.2 Å². The number of piperidine rings is 1. The lowest BCUT2D eigenvalue weighted by Crippen LogP contribution is -2.31. The maximum absolute atomic E-state index is 12.3. The molecule has 1 N–H and O–H groups in total. The van der Waals surface area contributed by atoms with Gasteiger partial charge in [-0.05, 0) is 31.4 Å². The largest absolute Gasteiger partial charge is 0.341 e. The minimum Gasteiger partial charge on any atom is -0.341 e. The van der Waals surface area contributed by atoms with E-state index >= 15 is 0 Å². The Hall–Kier alpha value is -2.94. The highest BCUT2D eigenvalue weighted by atomic mass is 16.1. The molecule has 0 atom stereocenters. The van der Waals surface area contributed by atoms with Gasteiger partial charge < -0.3 is 10.2 Å². The van der Waals surface area contributed by atoms with Gasteiger partial charge in [0.1, 0.15) is 6.07 Å². The van der Waals surface area contributed by atoms with E-state index in [0.29, 0.717) is 22.8 Å². The lowest BCUT2D eigenvalue weighted by Gasteiger charge is -2.26. The van der Waals surface area contributed by atoms with E-state index in [4.69, 9.17) is 5.26 Å². The molecule has 0 saturated carbocycles. The van der Waals surface area contributed by atoms with Gasteiger partial charge in [-0.1, -0.05) is 12.1 Å². The van der Waals surface area contributed by atoms with Gasteiger partial charge in [0, 0.05) is 25.5 Å². The fraction of sp³-hybridized carbons (Fsp3) is 0.294. The van der Waals surface area contributed by atoms with Crippen molar-refractivity contribution in [2.24, 2.45) is 0 Å². The number of amides is 1. The number of benzene rings is 1. The third kappa shape index (κ3) is 3.46. The van der Waals surface area contributed by atoms with Gasteiger partial charge in [0.15, 0.2) is 0 Å². The van der Waals surface area contributed by atoms with Crippen LogP contribution in [0.5, 0.6) is 0 Å². The molecule has 1 aliphatic rings. The number of nitriles is 1. The highest BCUT2D eigenvalue weighted by Crippen LogP contribution is 2.17.